The highest BCUT2D eigenvalue weighted by atomic mass is 16.3. The molecule has 26 heavy (non-hydrogen) atoms. The van der Waals surface area contributed by atoms with E-state index in [1.807, 2.05) is 38.1 Å². The van der Waals surface area contributed by atoms with E-state index in [9.17, 15) is 10.2 Å². The van der Waals surface area contributed by atoms with Gasteiger partial charge in [0.25, 0.3) is 0 Å². The van der Waals surface area contributed by atoms with Gasteiger partial charge in [-0.05, 0) is 74.8 Å². The number of nitrogens with zero attached hydrogens (tertiary/aromatic N) is 1. The molecule has 0 spiro atoms. The molecule has 1 saturated carbocycles. The Balaban J connectivity index is 1.81. The Morgan fingerprint density at radius 3 is 1.96 bits per heavy atom. The minimum atomic E-state index is -0.877. The van der Waals surface area contributed by atoms with Gasteiger partial charge in [-0.25, -0.2) is 0 Å². The lowest BCUT2D eigenvalue weighted by atomic mass is 9.64. The Morgan fingerprint density at radius 2 is 1.50 bits per heavy atom. The lowest BCUT2D eigenvalue weighted by Crippen LogP contribution is -2.63. The summed E-state index contributed by atoms with van der Waals surface area (Å²) in [7, 11) is 0. The average Bonchev–Trinajstić information content (AvgIpc) is 2.91. The zero-order valence-corrected chi connectivity index (χ0v) is 16.5. The van der Waals surface area contributed by atoms with Crippen molar-refractivity contribution >= 4 is 5.69 Å². The molecule has 1 aromatic carbocycles. The van der Waals surface area contributed by atoms with Crippen molar-refractivity contribution in [3.05, 3.63) is 52.3 Å². The van der Waals surface area contributed by atoms with Crippen molar-refractivity contribution in [2.24, 2.45) is 0 Å². The molecule has 142 valence electrons. The van der Waals surface area contributed by atoms with Crippen LogP contribution in [0.2, 0.25) is 0 Å². The van der Waals surface area contributed by atoms with E-state index < -0.39 is 24.0 Å². The normalized spacial score (nSPS) is 25.2. The molecule has 2 unspecified atom stereocenters. The quantitative estimate of drug-likeness (QED) is 0.866. The zero-order valence-electron chi connectivity index (χ0n) is 16.5. The minimum Gasteiger partial charge on any atom is -0.851 e. The number of aromatic nitrogens is 1. The number of benzene rings is 1. The maximum Gasteiger partial charge on any atom is 0.0366 e. The van der Waals surface area contributed by atoms with E-state index in [0.29, 0.717) is 0 Å². The van der Waals surface area contributed by atoms with Gasteiger partial charge in [0.2, 0.25) is 0 Å². The number of aryl methyl sites for hydroxylation is 1. The van der Waals surface area contributed by atoms with Crippen molar-refractivity contribution in [2.45, 2.75) is 65.1 Å². The molecule has 0 bridgehead atoms. The summed E-state index contributed by atoms with van der Waals surface area (Å²) in [6, 6.07) is 8.01. The molecule has 1 aromatic heterocycles. The first kappa shape index (κ1) is 19.0. The van der Waals surface area contributed by atoms with Crippen molar-refractivity contribution in [1.29, 1.82) is 0 Å². The van der Waals surface area contributed by atoms with Gasteiger partial charge in [-0.1, -0.05) is 19.1 Å². The molecule has 1 aliphatic rings. The Kier molecular flexibility index (Phi) is 5.44. The molecule has 2 atom stereocenters. The number of hydrogen-bond donors (Lipinski definition) is 1. The number of H-pyrrole nitrogens is 1. The molecule has 4 heteroatoms. The molecular formula is C22H30N2O2-2. The molecular weight excluding hydrogens is 324 g/mol. The molecule has 4 nitrogen and oxygen atoms in total. The summed E-state index contributed by atoms with van der Waals surface area (Å²) in [5.41, 5.74) is 6.33. The first-order valence-corrected chi connectivity index (χ1v) is 9.78. The number of nitrogens with one attached hydrogen (secondary N) is 1. The van der Waals surface area contributed by atoms with Crippen LogP contribution in [0.15, 0.2) is 24.3 Å². The Hall–Kier alpha value is -1.78. The second-order valence-electron chi connectivity index (χ2n) is 7.37. The van der Waals surface area contributed by atoms with E-state index in [1.165, 1.54) is 5.56 Å². The maximum absolute atomic E-state index is 12.9. The third kappa shape index (κ3) is 2.95. The number of rotatable bonds is 6. The van der Waals surface area contributed by atoms with Crippen LogP contribution in [0.5, 0.6) is 0 Å². The molecule has 3 rings (SSSR count). The van der Waals surface area contributed by atoms with Crippen molar-refractivity contribution in [1.82, 2.24) is 4.98 Å². The van der Waals surface area contributed by atoms with Crippen LogP contribution in [-0.2, 0) is 6.42 Å². The fourth-order valence-electron chi connectivity index (χ4n) is 4.56. The van der Waals surface area contributed by atoms with Gasteiger partial charge in [-0.2, -0.15) is 0 Å². The van der Waals surface area contributed by atoms with Crippen molar-refractivity contribution in [3.8, 4) is 0 Å². The SMILES string of the molecule is CCc1c(C)[nH]c(C2C([O-])C(c3ccc(N(CC)CC)cc3)C2[O-])c1C. The van der Waals surface area contributed by atoms with Gasteiger partial charge in [-0.3, -0.25) is 0 Å². The maximum atomic E-state index is 12.9. The first-order chi connectivity index (χ1) is 12.4. The summed E-state index contributed by atoms with van der Waals surface area (Å²) in [6.07, 6.45) is -0.832. The highest BCUT2D eigenvalue weighted by molar-refractivity contribution is 5.49. The monoisotopic (exact) mass is 354 g/mol. The van der Waals surface area contributed by atoms with Gasteiger partial charge >= 0.3 is 0 Å². The average molecular weight is 354 g/mol. The molecule has 0 saturated heterocycles. The topological polar surface area (TPSA) is 65.1 Å². The van der Waals surface area contributed by atoms with Crippen molar-refractivity contribution in [3.63, 3.8) is 0 Å². The lowest BCUT2D eigenvalue weighted by Gasteiger charge is -2.61. The standard InChI is InChI=1S/C22H30N2O2/c1-6-17-13(4)20(23-14(17)5)19-21(25)18(22(19)26)15-9-11-16(12-10-15)24(7-2)8-3/h9-12,18-19,21-23H,6-8H2,1-5H3/q-2. The Labute approximate surface area is 156 Å². The molecule has 1 fully saturated rings. The lowest BCUT2D eigenvalue weighted by molar-refractivity contribution is -0.536. The Bertz CT molecular complexity index is 736. The molecule has 0 radical (unpaired) electrons. The summed E-state index contributed by atoms with van der Waals surface area (Å²) >= 11 is 0. The number of hydrogen-bond acceptors (Lipinski definition) is 3. The Morgan fingerprint density at radius 1 is 0.923 bits per heavy atom. The highest BCUT2D eigenvalue weighted by Gasteiger charge is 2.40. The molecule has 1 aliphatic carbocycles. The third-order valence-corrected chi connectivity index (χ3v) is 6.14. The summed E-state index contributed by atoms with van der Waals surface area (Å²) in [6.45, 7) is 12.3. The van der Waals surface area contributed by atoms with E-state index in [2.05, 4.69) is 30.7 Å². The van der Waals surface area contributed by atoms with Crippen LogP contribution < -0.4 is 15.1 Å². The van der Waals surface area contributed by atoms with E-state index in [-0.39, 0.29) is 0 Å². The predicted molar refractivity (Wildman–Crippen MR) is 103 cm³/mol. The van der Waals surface area contributed by atoms with Crippen molar-refractivity contribution in [2.75, 3.05) is 18.0 Å². The summed E-state index contributed by atoms with van der Waals surface area (Å²) in [5.74, 6) is -0.903. The fourth-order valence-corrected chi connectivity index (χ4v) is 4.56. The zero-order chi connectivity index (χ0) is 19.0. The second kappa shape index (κ2) is 7.45. The molecule has 2 aromatic rings. The van der Waals surface area contributed by atoms with Crippen LogP contribution in [-0.4, -0.2) is 30.3 Å². The fraction of sp³-hybridized carbons (Fsp3) is 0.545. The highest BCUT2D eigenvalue weighted by Crippen LogP contribution is 2.46. The number of aromatic amines is 1. The largest absolute Gasteiger partial charge is 0.851 e. The van der Waals surface area contributed by atoms with Crippen LogP contribution in [0, 0.1) is 13.8 Å². The predicted octanol–water partition coefficient (Wildman–Crippen LogP) is 2.38. The van der Waals surface area contributed by atoms with Crippen LogP contribution in [0.3, 0.4) is 0 Å². The van der Waals surface area contributed by atoms with Gasteiger partial charge in [0, 0.05) is 30.2 Å². The molecule has 0 aliphatic heterocycles. The van der Waals surface area contributed by atoms with Gasteiger partial charge in [-0.15, -0.1) is 12.2 Å². The first-order valence-electron chi connectivity index (χ1n) is 9.78. The smallest absolute Gasteiger partial charge is 0.0366 e. The van der Waals surface area contributed by atoms with Gasteiger partial charge in [0.15, 0.2) is 0 Å². The van der Waals surface area contributed by atoms with Gasteiger partial charge in [0.1, 0.15) is 0 Å². The molecule has 1 N–H and O–H groups in total. The van der Waals surface area contributed by atoms with Crippen molar-refractivity contribution < 1.29 is 10.2 Å². The molecule has 0 amide bonds. The van der Waals surface area contributed by atoms with Gasteiger partial charge in [0.05, 0.1) is 0 Å². The molecule has 1 heterocycles. The minimum absolute atomic E-state index is 0.446. The second-order valence-corrected chi connectivity index (χ2v) is 7.37. The van der Waals surface area contributed by atoms with E-state index in [0.717, 1.165) is 47.7 Å². The van der Waals surface area contributed by atoms with Crippen LogP contribution >= 0.6 is 0 Å². The van der Waals surface area contributed by atoms with Gasteiger partial charge < -0.3 is 20.1 Å². The van der Waals surface area contributed by atoms with Crippen LogP contribution in [0.4, 0.5) is 5.69 Å². The summed E-state index contributed by atoms with van der Waals surface area (Å²) in [5, 5.41) is 25.8. The summed E-state index contributed by atoms with van der Waals surface area (Å²) < 4.78 is 0. The van der Waals surface area contributed by atoms with Crippen LogP contribution in [0.1, 0.15) is 60.7 Å². The van der Waals surface area contributed by atoms with E-state index in [4.69, 9.17) is 0 Å². The number of anilines is 1. The summed E-state index contributed by atoms with van der Waals surface area (Å²) in [4.78, 5) is 5.59. The third-order valence-electron chi connectivity index (χ3n) is 6.14. The van der Waals surface area contributed by atoms with E-state index in [1.54, 1.807) is 0 Å². The van der Waals surface area contributed by atoms with E-state index >= 15 is 0 Å². The van der Waals surface area contributed by atoms with Crippen LogP contribution in [0.25, 0.3) is 0 Å².